The molecule has 0 radical (unpaired) electrons. The third-order valence-electron chi connectivity index (χ3n) is 3.08. The van der Waals surface area contributed by atoms with Gasteiger partial charge in [0, 0.05) is 0 Å². The lowest BCUT2D eigenvalue weighted by Crippen LogP contribution is -2.63. The van der Waals surface area contributed by atoms with Gasteiger partial charge in [-0.05, 0) is 12.8 Å². The third-order valence-corrected chi connectivity index (χ3v) is 3.08. The average Bonchev–Trinajstić information content (AvgIpc) is 2.81. The van der Waals surface area contributed by atoms with Crippen LogP contribution in [0.15, 0.2) is 10.9 Å². The summed E-state index contributed by atoms with van der Waals surface area (Å²) in [5, 5.41) is 6.39. The number of nitrogens with one attached hydrogen (secondary N) is 1. The normalized spacial score (nSPS) is 24.6. The van der Waals surface area contributed by atoms with Crippen LogP contribution in [0.3, 0.4) is 0 Å². The number of hydrogen-bond donors (Lipinski definition) is 1. The summed E-state index contributed by atoms with van der Waals surface area (Å²) in [6.45, 7) is 5.66. The van der Waals surface area contributed by atoms with Crippen molar-refractivity contribution in [1.82, 2.24) is 20.4 Å². The molecular weight excluding hydrogens is 236 g/mol. The van der Waals surface area contributed by atoms with E-state index in [4.69, 9.17) is 0 Å². The smallest absolute Gasteiger partial charge is 0.246 e. The summed E-state index contributed by atoms with van der Waals surface area (Å²) in [7, 11) is 0. The predicted molar refractivity (Wildman–Crippen MR) is 61.1 cm³/mol. The van der Waals surface area contributed by atoms with Crippen molar-refractivity contribution in [2.75, 3.05) is 0 Å². The first kappa shape index (κ1) is 12.5. The third kappa shape index (κ3) is 2.20. The van der Waals surface area contributed by atoms with E-state index in [-0.39, 0.29) is 24.3 Å². The van der Waals surface area contributed by atoms with Crippen LogP contribution in [0.5, 0.6) is 0 Å². The van der Waals surface area contributed by atoms with Gasteiger partial charge >= 0.3 is 0 Å². The van der Waals surface area contributed by atoms with Crippen molar-refractivity contribution in [3.05, 3.63) is 12.2 Å². The minimum Gasteiger partial charge on any atom is -0.343 e. The second kappa shape index (κ2) is 4.75. The largest absolute Gasteiger partial charge is 0.343 e. The Morgan fingerprint density at radius 2 is 2.22 bits per heavy atom. The molecule has 18 heavy (non-hydrogen) atoms. The van der Waals surface area contributed by atoms with E-state index >= 15 is 0 Å². The Morgan fingerprint density at radius 3 is 2.78 bits per heavy atom. The number of hydrogen-bond acceptors (Lipinski definition) is 5. The molecule has 0 aromatic carbocycles. The Labute approximate surface area is 105 Å². The van der Waals surface area contributed by atoms with E-state index in [0.717, 1.165) is 0 Å². The van der Waals surface area contributed by atoms with Crippen LogP contribution in [-0.4, -0.2) is 38.9 Å². The highest BCUT2D eigenvalue weighted by Gasteiger charge is 2.39. The zero-order valence-electron chi connectivity index (χ0n) is 10.6. The zero-order chi connectivity index (χ0) is 13.3. The van der Waals surface area contributed by atoms with E-state index in [9.17, 15) is 9.59 Å². The fourth-order valence-corrected chi connectivity index (χ4v) is 1.93. The quantitative estimate of drug-likeness (QED) is 0.814. The lowest BCUT2D eigenvalue weighted by Gasteiger charge is -2.38. The molecule has 2 amide bonds. The highest BCUT2D eigenvalue weighted by atomic mass is 16.5. The van der Waals surface area contributed by atoms with Crippen molar-refractivity contribution < 1.29 is 14.1 Å². The molecule has 2 atom stereocenters. The fourth-order valence-electron chi connectivity index (χ4n) is 1.93. The van der Waals surface area contributed by atoms with E-state index in [1.54, 1.807) is 6.92 Å². The van der Waals surface area contributed by atoms with E-state index in [2.05, 4.69) is 20.0 Å². The van der Waals surface area contributed by atoms with E-state index in [1.165, 1.54) is 11.3 Å². The molecular formula is C11H16N4O3. The minimum absolute atomic E-state index is 0.0433. The summed E-state index contributed by atoms with van der Waals surface area (Å²) in [4.78, 5) is 29.4. The predicted octanol–water partition coefficient (Wildman–Crippen LogP) is -0.0589. The van der Waals surface area contributed by atoms with Gasteiger partial charge in [0.2, 0.25) is 18.2 Å². The molecule has 7 nitrogen and oxygen atoms in total. The van der Waals surface area contributed by atoms with Gasteiger partial charge in [-0.15, -0.1) is 0 Å². The highest BCUT2D eigenvalue weighted by Crippen LogP contribution is 2.17. The maximum absolute atomic E-state index is 12.3. The van der Waals surface area contributed by atoms with Gasteiger partial charge in [-0.1, -0.05) is 19.0 Å². The molecule has 1 fully saturated rings. The van der Waals surface area contributed by atoms with Crippen LogP contribution in [0.2, 0.25) is 0 Å². The first-order valence-corrected chi connectivity index (χ1v) is 5.86. The van der Waals surface area contributed by atoms with Gasteiger partial charge in [-0.3, -0.25) is 9.59 Å². The molecule has 0 saturated carbocycles. The number of piperazine rings is 1. The first-order valence-electron chi connectivity index (χ1n) is 5.86. The number of nitrogens with zero attached hydrogens (tertiary/aromatic N) is 3. The van der Waals surface area contributed by atoms with Crippen molar-refractivity contribution in [2.24, 2.45) is 5.92 Å². The summed E-state index contributed by atoms with van der Waals surface area (Å²) in [5.74, 6) is 0.174. The Balaban J connectivity index is 2.19. The monoisotopic (exact) mass is 252 g/mol. The molecule has 1 saturated heterocycles. The van der Waals surface area contributed by atoms with Gasteiger partial charge in [0.1, 0.15) is 12.1 Å². The molecule has 2 heterocycles. The topological polar surface area (TPSA) is 88.3 Å². The molecule has 0 spiro atoms. The van der Waals surface area contributed by atoms with Gasteiger partial charge in [-0.25, -0.2) is 0 Å². The lowest BCUT2D eigenvalue weighted by molar-refractivity contribution is -0.150. The Bertz CT molecular complexity index is 443. The first-order chi connectivity index (χ1) is 8.50. The molecule has 2 rings (SSSR count). The maximum atomic E-state index is 12.3. The van der Waals surface area contributed by atoms with E-state index < -0.39 is 12.1 Å². The van der Waals surface area contributed by atoms with Gasteiger partial charge in [0.25, 0.3) is 0 Å². The molecule has 1 aromatic heterocycles. The minimum atomic E-state index is -0.522. The van der Waals surface area contributed by atoms with Crippen LogP contribution < -0.4 is 5.32 Å². The summed E-state index contributed by atoms with van der Waals surface area (Å²) in [6, 6.07) is -1.01. The molecule has 0 aliphatic carbocycles. The van der Waals surface area contributed by atoms with Crippen LogP contribution >= 0.6 is 0 Å². The molecule has 0 bridgehead atoms. The molecule has 1 N–H and O–H groups in total. The Kier molecular flexibility index (Phi) is 3.31. The van der Waals surface area contributed by atoms with Crippen molar-refractivity contribution in [3.63, 3.8) is 0 Å². The SMILES string of the molecule is CC(C)C1NC(=O)C(C)N(Cc2ncon2)C1=O. The van der Waals surface area contributed by atoms with Crippen LogP contribution in [0.1, 0.15) is 26.6 Å². The van der Waals surface area contributed by atoms with E-state index in [0.29, 0.717) is 5.82 Å². The number of amides is 2. The maximum Gasteiger partial charge on any atom is 0.246 e. The van der Waals surface area contributed by atoms with Crippen molar-refractivity contribution in [1.29, 1.82) is 0 Å². The van der Waals surface area contributed by atoms with Crippen LogP contribution in [0, 0.1) is 5.92 Å². The fraction of sp³-hybridized carbons (Fsp3) is 0.636. The summed E-state index contributed by atoms with van der Waals surface area (Å²) >= 11 is 0. The average molecular weight is 252 g/mol. The summed E-state index contributed by atoms with van der Waals surface area (Å²) < 4.78 is 4.63. The number of carbonyl (C=O) groups excluding carboxylic acids is 2. The number of carbonyl (C=O) groups is 2. The van der Waals surface area contributed by atoms with Gasteiger partial charge in [0.15, 0.2) is 5.82 Å². The second-order valence-electron chi connectivity index (χ2n) is 4.72. The Morgan fingerprint density at radius 1 is 1.50 bits per heavy atom. The number of rotatable bonds is 3. The standard InChI is InChI=1S/C11H16N4O3/c1-6(2)9-11(17)15(7(3)10(16)13-9)4-8-12-5-18-14-8/h5-7,9H,4H2,1-3H3,(H,13,16). The van der Waals surface area contributed by atoms with E-state index in [1.807, 2.05) is 13.8 Å². The highest BCUT2D eigenvalue weighted by molar-refractivity contribution is 5.96. The molecule has 1 aliphatic heterocycles. The molecule has 7 heteroatoms. The molecule has 1 aliphatic rings. The number of aromatic nitrogens is 2. The van der Waals surface area contributed by atoms with Gasteiger partial charge < -0.3 is 14.7 Å². The second-order valence-corrected chi connectivity index (χ2v) is 4.72. The molecule has 98 valence electrons. The van der Waals surface area contributed by atoms with Crippen molar-refractivity contribution in [2.45, 2.75) is 39.4 Å². The molecule has 1 aromatic rings. The van der Waals surface area contributed by atoms with Gasteiger partial charge in [0.05, 0.1) is 6.54 Å². The Hall–Kier alpha value is -1.92. The molecule has 2 unspecified atom stereocenters. The summed E-state index contributed by atoms with van der Waals surface area (Å²) in [6.07, 6.45) is 1.20. The summed E-state index contributed by atoms with van der Waals surface area (Å²) in [5.41, 5.74) is 0. The van der Waals surface area contributed by atoms with Crippen molar-refractivity contribution in [3.8, 4) is 0 Å². The van der Waals surface area contributed by atoms with Crippen LogP contribution in [0.25, 0.3) is 0 Å². The van der Waals surface area contributed by atoms with Crippen LogP contribution in [-0.2, 0) is 16.1 Å². The van der Waals surface area contributed by atoms with Crippen LogP contribution in [0.4, 0.5) is 0 Å². The van der Waals surface area contributed by atoms with Crippen molar-refractivity contribution >= 4 is 11.8 Å². The van der Waals surface area contributed by atoms with Gasteiger partial charge in [-0.2, -0.15) is 4.98 Å². The lowest BCUT2D eigenvalue weighted by atomic mass is 9.98. The zero-order valence-corrected chi connectivity index (χ0v) is 10.6.